The van der Waals surface area contributed by atoms with E-state index in [1.54, 1.807) is 12.4 Å². The van der Waals surface area contributed by atoms with Crippen molar-refractivity contribution in [3.8, 4) is 5.75 Å². The molecule has 0 saturated heterocycles. The molecule has 0 atom stereocenters. The van der Waals surface area contributed by atoms with Crippen molar-refractivity contribution in [2.24, 2.45) is 5.16 Å². The predicted molar refractivity (Wildman–Crippen MR) is 54.2 cm³/mol. The standard InChI is InChI=1S/C10H7N3O/c1-2-7-4-9-8(6-11-13-9)5-10(7)14-12-3-1/h1-6H,(H,11,13). The van der Waals surface area contributed by atoms with Crippen LogP contribution in [0.4, 0.5) is 0 Å². The molecular formula is C10H7N3O. The topological polar surface area (TPSA) is 50.3 Å². The van der Waals surface area contributed by atoms with Crippen LogP contribution in [0.25, 0.3) is 17.0 Å². The van der Waals surface area contributed by atoms with Gasteiger partial charge in [-0.05, 0) is 24.3 Å². The van der Waals surface area contributed by atoms with E-state index in [-0.39, 0.29) is 0 Å². The smallest absolute Gasteiger partial charge is 0.165 e. The molecule has 14 heavy (non-hydrogen) atoms. The summed E-state index contributed by atoms with van der Waals surface area (Å²) in [6.45, 7) is 0. The number of hydrogen-bond donors (Lipinski definition) is 1. The van der Waals surface area contributed by atoms with E-state index < -0.39 is 0 Å². The maximum Gasteiger partial charge on any atom is 0.165 e. The van der Waals surface area contributed by atoms with Gasteiger partial charge in [0.25, 0.3) is 0 Å². The number of rotatable bonds is 0. The van der Waals surface area contributed by atoms with Gasteiger partial charge in [-0.3, -0.25) is 5.10 Å². The number of fused-ring (bicyclic) bond motifs is 2. The van der Waals surface area contributed by atoms with Crippen LogP contribution >= 0.6 is 0 Å². The second kappa shape index (κ2) is 2.70. The van der Waals surface area contributed by atoms with E-state index >= 15 is 0 Å². The van der Waals surface area contributed by atoms with Crippen molar-refractivity contribution in [1.29, 1.82) is 0 Å². The monoisotopic (exact) mass is 185 g/mol. The summed E-state index contributed by atoms with van der Waals surface area (Å²) in [5, 5.41) is 11.6. The van der Waals surface area contributed by atoms with Crippen LogP contribution in [0.3, 0.4) is 0 Å². The van der Waals surface area contributed by atoms with Crippen LogP contribution in [-0.2, 0) is 0 Å². The lowest BCUT2D eigenvalue weighted by Crippen LogP contribution is -1.84. The Morgan fingerprint density at radius 1 is 1.29 bits per heavy atom. The van der Waals surface area contributed by atoms with E-state index in [2.05, 4.69) is 15.4 Å². The van der Waals surface area contributed by atoms with Crippen molar-refractivity contribution in [1.82, 2.24) is 10.2 Å². The molecule has 0 aliphatic carbocycles. The summed E-state index contributed by atoms with van der Waals surface area (Å²) in [5.74, 6) is 0.754. The largest absolute Gasteiger partial charge is 0.356 e. The molecule has 0 spiro atoms. The highest BCUT2D eigenvalue weighted by Gasteiger charge is 2.06. The molecule has 4 nitrogen and oxygen atoms in total. The van der Waals surface area contributed by atoms with E-state index in [1.165, 1.54) is 0 Å². The molecule has 1 aliphatic rings. The molecule has 1 aliphatic heterocycles. The Bertz CT molecular complexity index is 539. The molecule has 1 N–H and O–H groups in total. The Balaban J connectivity index is 2.31. The van der Waals surface area contributed by atoms with Crippen molar-refractivity contribution in [2.75, 3.05) is 0 Å². The van der Waals surface area contributed by atoms with Crippen LogP contribution in [-0.4, -0.2) is 16.4 Å². The second-order valence-corrected chi connectivity index (χ2v) is 3.05. The molecule has 0 fully saturated rings. The maximum atomic E-state index is 5.19. The van der Waals surface area contributed by atoms with Crippen LogP contribution in [0.5, 0.6) is 5.75 Å². The molecule has 2 aromatic rings. The van der Waals surface area contributed by atoms with Crippen LogP contribution in [0.1, 0.15) is 5.56 Å². The highest BCUT2D eigenvalue weighted by Crippen LogP contribution is 2.26. The lowest BCUT2D eigenvalue weighted by atomic mass is 10.1. The third-order valence-corrected chi connectivity index (χ3v) is 2.14. The van der Waals surface area contributed by atoms with Crippen LogP contribution in [0.2, 0.25) is 0 Å². The number of aromatic nitrogens is 2. The Kier molecular flexibility index (Phi) is 1.41. The van der Waals surface area contributed by atoms with E-state index in [9.17, 15) is 0 Å². The Morgan fingerprint density at radius 3 is 3.29 bits per heavy atom. The molecule has 68 valence electrons. The zero-order valence-electron chi connectivity index (χ0n) is 7.27. The summed E-state index contributed by atoms with van der Waals surface area (Å²) in [5.41, 5.74) is 2.00. The van der Waals surface area contributed by atoms with Gasteiger partial charge in [-0.25, -0.2) is 0 Å². The summed E-state index contributed by atoms with van der Waals surface area (Å²) in [6, 6.07) is 3.91. The molecule has 1 aromatic carbocycles. The molecule has 1 aromatic heterocycles. The zero-order valence-corrected chi connectivity index (χ0v) is 7.27. The van der Waals surface area contributed by atoms with Gasteiger partial charge in [0.1, 0.15) is 0 Å². The molecule has 3 rings (SSSR count). The van der Waals surface area contributed by atoms with Crippen LogP contribution in [0.15, 0.2) is 29.6 Å². The number of allylic oxidation sites excluding steroid dienone is 1. The van der Waals surface area contributed by atoms with Crippen LogP contribution < -0.4 is 4.84 Å². The molecule has 0 bridgehead atoms. The zero-order chi connectivity index (χ0) is 9.38. The fourth-order valence-electron chi connectivity index (χ4n) is 1.47. The van der Waals surface area contributed by atoms with Crippen molar-refractivity contribution in [2.45, 2.75) is 0 Å². The van der Waals surface area contributed by atoms with Crippen molar-refractivity contribution in [3.05, 3.63) is 30.0 Å². The quantitative estimate of drug-likeness (QED) is 0.682. The van der Waals surface area contributed by atoms with Crippen molar-refractivity contribution < 1.29 is 4.84 Å². The van der Waals surface area contributed by atoms with Gasteiger partial charge in [-0.2, -0.15) is 5.10 Å². The average Bonchev–Trinajstić information content (AvgIpc) is 2.51. The van der Waals surface area contributed by atoms with Crippen molar-refractivity contribution >= 4 is 23.2 Å². The lowest BCUT2D eigenvalue weighted by Gasteiger charge is -2.01. The summed E-state index contributed by atoms with van der Waals surface area (Å²) >= 11 is 0. The summed E-state index contributed by atoms with van der Waals surface area (Å²) < 4.78 is 0. The number of H-pyrrole nitrogens is 1. The fourth-order valence-corrected chi connectivity index (χ4v) is 1.47. The number of nitrogens with one attached hydrogen (secondary N) is 1. The fraction of sp³-hybridized carbons (Fsp3) is 0. The highest BCUT2D eigenvalue weighted by atomic mass is 16.6. The molecule has 0 amide bonds. The van der Waals surface area contributed by atoms with Gasteiger partial charge in [0.15, 0.2) is 5.75 Å². The van der Waals surface area contributed by atoms with Gasteiger partial charge in [-0.1, -0.05) is 5.16 Å². The predicted octanol–water partition coefficient (Wildman–Crippen LogP) is 1.95. The number of nitrogens with zero attached hydrogens (tertiary/aromatic N) is 2. The first kappa shape index (κ1) is 7.32. The Morgan fingerprint density at radius 2 is 2.29 bits per heavy atom. The lowest BCUT2D eigenvalue weighted by molar-refractivity contribution is 0.344. The van der Waals surface area contributed by atoms with E-state index in [0.717, 1.165) is 22.2 Å². The molecule has 0 radical (unpaired) electrons. The molecule has 0 unspecified atom stereocenters. The van der Waals surface area contributed by atoms with Gasteiger partial charge in [-0.15, -0.1) is 0 Å². The number of aromatic amines is 1. The first-order valence-electron chi connectivity index (χ1n) is 4.28. The second-order valence-electron chi connectivity index (χ2n) is 3.05. The van der Waals surface area contributed by atoms with Gasteiger partial charge in [0.2, 0.25) is 0 Å². The van der Waals surface area contributed by atoms with Crippen LogP contribution in [0, 0.1) is 0 Å². The van der Waals surface area contributed by atoms with Gasteiger partial charge < -0.3 is 4.84 Å². The third kappa shape index (κ3) is 1.01. The highest BCUT2D eigenvalue weighted by molar-refractivity contribution is 5.87. The average molecular weight is 185 g/mol. The van der Waals surface area contributed by atoms with E-state index in [0.29, 0.717) is 0 Å². The summed E-state index contributed by atoms with van der Waals surface area (Å²) in [6.07, 6.45) is 7.17. The van der Waals surface area contributed by atoms with E-state index in [4.69, 9.17) is 4.84 Å². The minimum Gasteiger partial charge on any atom is -0.356 e. The summed E-state index contributed by atoms with van der Waals surface area (Å²) in [4.78, 5) is 5.19. The molecule has 4 heteroatoms. The van der Waals surface area contributed by atoms with E-state index in [1.807, 2.05) is 24.3 Å². The number of hydrogen-bond acceptors (Lipinski definition) is 3. The minimum absolute atomic E-state index is 0.754. The molecular weight excluding hydrogens is 178 g/mol. The SMILES string of the molecule is C1=Cc2cc3[nH]ncc3cc2ON=C1. The van der Waals surface area contributed by atoms with Crippen molar-refractivity contribution in [3.63, 3.8) is 0 Å². The maximum absolute atomic E-state index is 5.19. The summed E-state index contributed by atoms with van der Waals surface area (Å²) in [7, 11) is 0. The Labute approximate surface area is 79.9 Å². The molecule has 0 saturated carbocycles. The number of oxime groups is 1. The minimum atomic E-state index is 0.754. The first-order valence-corrected chi connectivity index (χ1v) is 4.28. The van der Waals surface area contributed by atoms with Gasteiger partial charge >= 0.3 is 0 Å². The Hall–Kier alpha value is -2.10. The third-order valence-electron chi connectivity index (χ3n) is 2.14. The number of benzene rings is 1. The molecule has 2 heterocycles. The first-order chi connectivity index (χ1) is 6.93. The normalized spacial score (nSPS) is 13.7. The van der Waals surface area contributed by atoms with Gasteiger partial charge in [0, 0.05) is 10.9 Å². The van der Waals surface area contributed by atoms with Gasteiger partial charge in [0.05, 0.1) is 17.9 Å².